The highest BCUT2D eigenvalue weighted by atomic mass is 16.3. The fourth-order valence-electron chi connectivity index (χ4n) is 8.70. The summed E-state index contributed by atoms with van der Waals surface area (Å²) < 4.78 is 0. The van der Waals surface area contributed by atoms with E-state index in [1.807, 2.05) is 13.8 Å². The maximum atomic E-state index is 11.3. The van der Waals surface area contributed by atoms with Crippen LogP contribution in [0.5, 0.6) is 0 Å². The number of hydrogen-bond acceptors (Lipinski definition) is 2. The van der Waals surface area contributed by atoms with E-state index in [0.717, 1.165) is 23.7 Å². The summed E-state index contributed by atoms with van der Waals surface area (Å²) in [6.07, 6.45) is 15.5. The summed E-state index contributed by atoms with van der Waals surface area (Å²) in [5.74, 6) is 3.65. The first-order valence-electron chi connectivity index (χ1n) is 12.5. The lowest BCUT2D eigenvalue weighted by molar-refractivity contribution is -0.122. The number of hydrogen-bond donors (Lipinski definition) is 1. The zero-order valence-corrected chi connectivity index (χ0v) is 18.6. The number of nitrogens with zero attached hydrogens (tertiary/aromatic N) is 1. The maximum absolute atomic E-state index is 11.3. The van der Waals surface area contributed by atoms with Gasteiger partial charge in [-0.05, 0) is 105 Å². The summed E-state index contributed by atoms with van der Waals surface area (Å²) in [6, 6.07) is 0.466. The molecule has 2 heteroatoms. The van der Waals surface area contributed by atoms with Crippen LogP contribution in [0.2, 0.25) is 0 Å². The van der Waals surface area contributed by atoms with Crippen molar-refractivity contribution < 1.29 is 5.11 Å². The van der Waals surface area contributed by atoms with Gasteiger partial charge in [-0.3, -0.25) is 4.90 Å². The third kappa shape index (κ3) is 3.03. The highest BCUT2D eigenvalue weighted by molar-refractivity contribution is 5.12. The van der Waals surface area contributed by atoms with E-state index in [1.54, 1.807) is 0 Å². The number of rotatable bonds is 1. The van der Waals surface area contributed by atoms with Gasteiger partial charge in [0.1, 0.15) is 0 Å². The molecule has 4 aliphatic carbocycles. The number of aliphatic hydroxyl groups excluding tert-OH is 1. The molecule has 0 aromatic heterocycles. The molecule has 1 N–H and O–H groups in total. The molecule has 5 fully saturated rings. The van der Waals surface area contributed by atoms with Gasteiger partial charge in [0.05, 0.1) is 6.10 Å². The lowest BCUT2D eigenvalue weighted by atomic mass is 9.45. The topological polar surface area (TPSA) is 23.5 Å². The van der Waals surface area contributed by atoms with E-state index < -0.39 is 0 Å². The summed E-state index contributed by atoms with van der Waals surface area (Å²) in [7, 11) is 0. The summed E-state index contributed by atoms with van der Waals surface area (Å²) >= 11 is 0. The molecule has 8 atom stereocenters. The van der Waals surface area contributed by atoms with Gasteiger partial charge >= 0.3 is 0 Å². The molecule has 2 nitrogen and oxygen atoms in total. The third-order valence-electron chi connectivity index (χ3n) is 10.2. The zero-order valence-electron chi connectivity index (χ0n) is 18.6. The second kappa shape index (κ2) is 7.63. The predicted octanol–water partition coefficient (Wildman–Crippen LogP) is 5.88. The monoisotopic (exact) mass is 375 g/mol. The lowest BCUT2D eigenvalue weighted by Crippen LogP contribution is -2.53. The molecule has 4 saturated carbocycles. The van der Waals surface area contributed by atoms with Crippen molar-refractivity contribution in [1.82, 2.24) is 4.90 Å². The Kier molecular flexibility index (Phi) is 5.71. The zero-order chi connectivity index (χ0) is 19.2. The Balaban J connectivity index is 0.000000872. The van der Waals surface area contributed by atoms with Gasteiger partial charge in [0.2, 0.25) is 0 Å². The van der Waals surface area contributed by atoms with Gasteiger partial charge < -0.3 is 5.11 Å². The fraction of sp³-hybridized carbons (Fsp3) is 1.00. The Morgan fingerprint density at radius 3 is 2.26 bits per heavy atom. The molecule has 0 amide bonds. The first kappa shape index (κ1) is 20.2. The fourth-order valence-corrected chi connectivity index (χ4v) is 8.70. The van der Waals surface area contributed by atoms with E-state index in [4.69, 9.17) is 0 Å². The molecule has 4 unspecified atom stereocenters. The van der Waals surface area contributed by atoms with E-state index in [0.29, 0.717) is 11.5 Å². The van der Waals surface area contributed by atoms with Crippen molar-refractivity contribution in [2.24, 2.45) is 34.5 Å². The van der Waals surface area contributed by atoms with Crippen LogP contribution < -0.4 is 0 Å². The Hall–Kier alpha value is -0.0800. The van der Waals surface area contributed by atoms with Crippen LogP contribution in [0.15, 0.2) is 0 Å². The van der Waals surface area contributed by atoms with Gasteiger partial charge in [0.25, 0.3) is 0 Å². The molecule has 0 radical (unpaired) electrons. The van der Waals surface area contributed by atoms with Crippen molar-refractivity contribution in [2.45, 2.75) is 110 Å². The van der Waals surface area contributed by atoms with Crippen LogP contribution >= 0.6 is 0 Å². The Bertz CT molecular complexity index is 514. The number of likely N-dealkylation sites (tertiary alicyclic amines) is 1. The van der Waals surface area contributed by atoms with E-state index in [9.17, 15) is 5.11 Å². The van der Waals surface area contributed by atoms with Gasteiger partial charge in [-0.2, -0.15) is 0 Å². The summed E-state index contributed by atoms with van der Waals surface area (Å²) in [5.41, 5.74) is 0.825. The minimum Gasteiger partial charge on any atom is -0.391 e. The van der Waals surface area contributed by atoms with Crippen LogP contribution in [-0.4, -0.2) is 35.2 Å². The molecular formula is C25H45NO. The normalized spacial score (nSPS) is 52.3. The minimum absolute atomic E-state index is 0.0755. The Morgan fingerprint density at radius 1 is 0.778 bits per heavy atom. The smallest absolute Gasteiger partial charge is 0.0751 e. The number of fused-ring (bicyclic) bond motifs is 5. The SMILES string of the molecule is CC.C[C@]12CCCCC1CCC1C2CC[C@@]2(C)C1C[C@H](N1CCCC1)[C@@H]2O. The molecule has 0 aromatic rings. The predicted molar refractivity (Wildman–Crippen MR) is 114 cm³/mol. The van der Waals surface area contributed by atoms with Crippen molar-refractivity contribution in [3.63, 3.8) is 0 Å². The van der Waals surface area contributed by atoms with Crippen LogP contribution in [0.1, 0.15) is 98.3 Å². The number of aliphatic hydroxyl groups is 1. The Morgan fingerprint density at radius 2 is 1.52 bits per heavy atom. The largest absolute Gasteiger partial charge is 0.391 e. The average Bonchev–Trinajstić information content (AvgIpc) is 3.30. The second-order valence-electron chi connectivity index (χ2n) is 10.9. The molecule has 0 spiro atoms. The highest BCUT2D eigenvalue weighted by Gasteiger charge is 2.62. The Labute approximate surface area is 168 Å². The van der Waals surface area contributed by atoms with E-state index in [1.165, 1.54) is 83.7 Å². The van der Waals surface area contributed by atoms with Crippen LogP contribution in [0.3, 0.4) is 0 Å². The quantitative estimate of drug-likeness (QED) is 0.618. The van der Waals surface area contributed by atoms with E-state index in [2.05, 4.69) is 18.7 Å². The maximum Gasteiger partial charge on any atom is 0.0751 e. The molecule has 5 aliphatic rings. The summed E-state index contributed by atoms with van der Waals surface area (Å²) in [5, 5.41) is 11.3. The van der Waals surface area contributed by atoms with E-state index >= 15 is 0 Å². The first-order valence-corrected chi connectivity index (χ1v) is 12.5. The molecule has 1 aliphatic heterocycles. The summed E-state index contributed by atoms with van der Waals surface area (Å²) in [4.78, 5) is 2.65. The molecule has 0 aromatic carbocycles. The average molecular weight is 376 g/mol. The van der Waals surface area contributed by atoms with Crippen molar-refractivity contribution in [1.29, 1.82) is 0 Å². The molecule has 1 saturated heterocycles. The van der Waals surface area contributed by atoms with Gasteiger partial charge in [0, 0.05) is 6.04 Å². The van der Waals surface area contributed by atoms with Crippen LogP contribution in [0, 0.1) is 34.5 Å². The highest BCUT2D eigenvalue weighted by Crippen LogP contribution is 2.66. The second-order valence-corrected chi connectivity index (χ2v) is 10.9. The molecule has 156 valence electrons. The van der Waals surface area contributed by atoms with Gasteiger partial charge in [-0.1, -0.05) is 40.5 Å². The van der Waals surface area contributed by atoms with Crippen molar-refractivity contribution >= 4 is 0 Å². The van der Waals surface area contributed by atoms with Crippen molar-refractivity contribution in [3.8, 4) is 0 Å². The molecule has 0 bridgehead atoms. The van der Waals surface area contributed by atoms with Gasteiger partial charge in [0.15, 0.2) is 0 Å². The minimum atomic E-state index is -0.0755. The van der Waals surface area contributed by atoms with Crippen molar-refractivity contribution in [2.75, 3.05) is 13.1 Å². The summed E-state index contributed by atoms with van der Waals surface area (Å²) in [6.45, 7) is 11.6. The van der Waals surface area contributed by atoms with Gasteiger partial charge in [-0.15, -0.1) is 0 Å². The molecule has 27 heavy (non-hydrogen) atoms. The van der Waals surface area contributed by atoms with Crippen molar-refractivity contribution in [3.05, 3.63) is 0 Å². The molecular weight excluding hydrogens is 330 g/mol. The third-order valence-corrected chi connectivity index (χ3v) is 10.2. The standard InChI is InChI=1S/C23H39NO.C2H6/c1-22-11-4-3-7-16(22)8-9-17-18(22)10-12-23(2)19(17)15-20(21(23)25)24-13-5-6-14-24;1-2/h16-21,25H,3-15H2,1-2H3;1-2H3/t16?,17?,18?,19?,20-,21-,22-,23-;/m0./s1. The molecule has 5 rings (SSSR count). The molecule has 1 heterocycles. The van der Waals surface area contributed by atoms with Crippen LogP contribution in [0.4, 0.5) is 0 Å². The van der Waals surface area contributed by atoms with Gasteiger partial charge in [-0.25, -0.2) is 0 Å². The lowest BCUT2D eigenvalue weighted by Gasteiger charge is -2.60. The first-order chi connectivity index (χ1) is 13.0. The van der Waals surface area contributed by atoms with E-state index in [-0.39, 0.29) is 11.5 Å². The van der Waals surface area contributed by atoms with Crippen LogP contribution in [0.25, 0.3) is 0 Å². The van der Waals surface area contributed by atoms with Crippen LogP contribution in [-0.2, 0) is 0 Å².